The van der Waals surface area contributed by atoms with Crippen LogP contribution in [0.2, 0.25) is 0 Å². The Hall–Kier alpha value is -0.410. The minimum Gasteiger partial charge on any atom is -0.374 e. The Bertz CT molecular complexity index is 126. The number of rotatable bonds is 7. The predicted octanol–water partition coefficient (Wildman–Crippen LogP) is 0.967. The van der Waals surface area contributed by atoms with Crippen molar-refractivity contribution < 1.29 is 9.53 Å². The Kier molecular flexibility index (Phi) is 7.00. The minimum absolute atomic E-state index is 0.178. The molecule has 0 bridgehead atoms. The molecule has 2 N–H and O–H groups in total. The van der Waals surface area contributed by atoms with Gasteiger partial charge in [-0.05, 0) is 25.8 Å². The van der Waals surface area contributed by atoms with Gasteiger partial charge < -0.3 is 10.5 Å². The smallest absolute Gasteiger partial charge is 0.158 e. The van der Waals surface area contributed by atoms with E-state index in [4.69, 9.17) is 10.5 Å². The van der Waals surface area contributed by atoms with Crippen molar-refractivity contribution in [2.45, 2.75) is 26.7 Å². The van der Waals surface area contributed by atoms with Gasteiger partial charge in [0.2, 0.25) is 0 Å². The largest absolute Gasteiger partial charge is 0.374 e. The molecule has 0 heterocycles. The maximum absolute atomic E-state index is 11.1. The number of ether oxygens (including phenoxy) is 1. The normalized spacial score (nSPS) is 12.9. The average Bonchev–Trinajstić information content (AvgIpc) is 2.10. The maximum atomic E-state index is 11.1. The van der Waals surface area contributed by atoms with E-state index in [9.17, 15) is 4.79 Å². The number of hydrogen-bond donors (Lipinski definition) is 1. The van der Waals surface area contributed by atoms with E-state index in [1.54, 1.807) is 0 Å². The fraction of sp³-hybridized carbons (Fsp3) is 0.889. The van der Waals surface area contributed by atoms with E-state index >= 15 is 0 Å². The number of hydrogen-bond acceptors (Lipinski definition) is 3. The van der Waals surface area contributed by atoms with Crippen LogP contribution >= 0.6 is 0 Å². The molecular weight excluding hydrogens is 154 g/mol. The zero-order valence-electron chi connectivity index (χ0n) is 8.01. The zero-order chi connectivity index (χ0) is 9.40. The van der Waals surface area contributed by atoms with Crippen molar-refractivity contribution in [2.24, 2.45) is 11.7 Å². The van der Waals surface area contributed by atoms with Gasteiger partial charge in [0, 0.05) is 13.0 Å². The second-order valence-corrected chi connectivity index (χ2v) is 3.06. The standard InChI is InChI=1S/C9H19NO2/c1-3-12-7-9(11)5-4-8(2)6-10/h8H,3-7,10H2,1-2H3. The fourth-order valence-electron chi connectivity index (χ4n) is 0.813. The highest BCUT2D eigenvalue weighted by molar-refractivity contribution is 5.79. The molecule has 0 radical (unpaired) electrons. The topological polar surface area (TPSA) is 52.3 Å². The number of nitrogens with two attached hydrogens (primary N) is 1. The molecule has 0 aromatic heterocycles. The van der Waals surface area contributed by atoms with Crippen molar-refractivity contribution in [3.8, 4) is 0 Å². The first-order valence-corrected chi connectivity index (χ1v) is 4.50. The molecule has 0 fully saturated rings. The first-order valence-electron chi connectivity index (χ1n) is 4.50. The molecule has 0 aliphatic heterocycles. The van der Waals surface area contributed by atoms with E-state index in [2.05, 4.69) is 0 Å². The van der Waals surface area contributed by atoms with Crippen LogP contribution < -0.4 is 5.73 Å². The van der Waals surface area contributed by atoms with Crippen molar-refractivity contribution >= 4 is 5.78 Å². The van der Waals surface area contributed by atoms with E-state index < -0.39 is 0 Å². The van der Waals surface area contributed by atoms with Crippen LogP contribution in [0.4, 0.5) is 0 Å². The van der Waals surface area contributed by atoms with Crippen LogP contribution in [0, 0.1) is 5.92 Å². The van der Waals surface area contributed by atoms with Crippen LogP contribution in [0.15, 0.2) is 0 Å². The second kappa shape index (κ2) is 7.25. The summed E-state index contributed by atoms with van der Waals surface area (Å²) in [5.74, 6) is 0.618. The summed E-state index contributed by atoms with van der Waals surface area (Å²) in [5, 5.41) is 0. The first-order chi connectivity index (χ1) is 5.70. The van der Waals surface area contributed by atoms with Crippen molar-refractivity contribution in [3.05, 3.63) is 0 Å². The van der Waals surface area contributed by atoms with Gasteiger partial charge in [0.05, 0.1) is 0 Å². The van der Waals surface area contributed by atoms with Crippen molar-refractivity contribution in [3.63, 3.8) is 0 Å². The zero-order valence-corrected chi connectivity index (χ0v) is 8.01. The van der Waals surface area contributed by atoms with E-state index in [0.29, 0.717) is 25.5 Å². The van der Waals surface area contributed by atoms with Crippen molar-refractivity contribution in [1.82, 2.24) is 0 Å². The van der Waals surface area contributed by atoms with Crippen LogP contribution in [0.1, 0.15) is 26.7 Å². The van der Waals surface area contributed by atoms with Crippen LogP contribution in [0.3, 0.4) is 0 Å². The Morgan fingerprint density at radius 2 is 2.25 bits per heavy atom. The number of carbonyl (C=O) groups is 1. The van der Waals surface area contributed by atoms with Gasteiger partial charge in [0.1, 0.15) is 6.61 Å². The molecule has 0 rings (SSSR count). The summed E-state index contributed by atoms with van der Waals surface area (Å²) in [6, 6.07) is 0. The number of Topliss-reactive ketones (excluding diaryl/α,β-unsaturated/α-hetero) is 1. The molecule has 0 saturated carbocycles. The van der Waals surface area contributed by atoms with Gasteiger partial charge in [-0.1, -0.05) is 6.92 Å². The summed E-state index contributed by atoms with van der Waals surface area (Å²) < 4.78 is 4.98. The number of carbonyl (C=O) groups excluding carboxylic acids is 1. The minimum atomic E-state index is 0.178. The summed E-state index contributed by atoms with van der Waals surface area (Å²) in [6.45, 7) is 5.46. The molecule has 1 atom stereocenters. The number of ketones is 1. The molecule has 72 valence electrons. The van der Waals surface area contributed by atoms with Gasteiger partial charge in [0.25, 0.3) is 0 Å². The summed E-state index contributed by atoms with van der Waals surface area (Å²) in [6.07, 6.45) is 1.47. The van der Waals surface area contributed by atoms with Gasteiger partial charge in [-0.2, -0.15) is 0 Å². The Morgan fingerprint density at radius 3 is 2.75 bits per heavy atom. The lowest BCUT2D eigenvalue weighted by Gasteiger charge is -2.06. The molecule has 0 aromatic carbocycles. The van der Waals surface area contributed by atoms with Gasteiger partial charge in [-0.25, -0.2) is 0 Å². The maximum Gasteiger partial charge on any atom is 0.158 e. The lowest BCUT2D eigenvalue weighted by Crippen LogP contribution is -2.14. The van der Waals surface area contributed by atoms with E-state index in [1.807, 2.05) is 13.8 Å². The molecule has 0 amide bonds. The molecule has 0 aliphatic rings. The van der Waals surface area contributed by atoms with Crippen LogP contribution in [0.5, 0.6) is 0 Å². The van der Waals surface area contributed by atoms with Crippen LogP contribution in [0.25, 0.3) is 0 Å². The quantitative estimate of drug-likeness (QED) is 0.624. The van der Waals surface area contributed by atoms with Crippen molar-refractivity contribution in [2.75, 3.05) is 19.8 Å². The summed E-state index contributed by atoms with van der Waals surface area (Å²) in [7, 11) is 0. The summed E-state index contributed by atoms with van der Waals surface area (Å²) in [5.41, 5.74) is 5.42. The third-order valence-corrected chi connectivity index (χ3v) is 1.79. The summed E-state index contributed by atoms with van der Waals surface area (Å²) >= 11 is 0. The van der Waals surface area contributed by atoms with Gasteiger partial charge in [0.15, 0.2) is 5.78 Å². The molecule has 0 aliphatic carbocycles. The lowest BCUT2D eigenvalue weighted by molar-refractivity contribution is -0.123. The molecule has 1 unspecified atom stereocenters. The van der Waals surface area contributed by atoms with Crippen LogP contribution in [-0.4, -0.2) is 25.5 Å². The molecular formula is C9H19NO2. The third kappa shape index (κ3) is 6.31. The van der Waals surface area contributed by atoms with Crippen molar-refractivity contribution in [1.29, 1.82) is 0 Å². The molecule has 3 heteroatoms. The van der Waals surface area contributed by atoms with E-state index in [1.165, 1.54) is 0 Å². The monoisotopic (exact) mass is 173 g/mol. The van der Waals surface area contributed by atoms with Crippen LogP contribution in [-0.2, 0) is 9.53 Å². The molecule has 0 spiro atoms. The van der Waals surface area contributed by atoms with Gasteiger partial charge in [-0.15, -0.1) is 0 Å². The summed E-state index contributed by atoms with van der Waals surface area (Å²) in [4.78, 5) is 11.1. The fourth-order valence-corrected chi connectivity index (χ4v) is 0.813. The predicted molar refractivity (Wildman–Crippen MR) is 49.0 cm³/mol. The lowest BCUT2D eigenvalue weighted by atomic mass is 10.0. The highest BCUT2D eigenvalue weighted by atomic mass is 16.5. The highest BCUT2D eigenvalue weighted by Crippen LogP contribution is 2.03. The molecule has 3 nitrogen and oxygen atoms in total. The Morgan fingerprint density at radius 1 is 1.58 bits per heavy atom. The van der Waals surface area contributed by atoms with Gasteiger partial charge in [-0.3, -0.25) is 4.79 Å². The Balaban J connectivity index is 3.31. The molecule has 12 heavy (non-hydrogen) atoms. The van der Waals surface area contributed by atoms with Gasteiger partial charge >= 0.3 is 0 Å². The van der Waals surface area contributed by atoms with E-state index in [-0.39, 0.29) is 12.4 Å². The average molecular weight is 173 g/mol. The molecule has 0 saturated heterocycles. The Labute approximate surface area is 74.3 Å². The highest BCUT2D eigenvalue weighted by Gasteiger charge is 2.04. The molecule has 0 aromatic rings. The second-order valence-electron chi connectivity index (χ2n) is 3.06. The van der Waals surface area contributed by atoms with E-state index in [0.717, 1.165) is 6.42 Å². The SMILES string of the molecule is CCOCC(=O)CCC(C)CN. The third-order valence-electron chi connectivity index (χ3n) is 1.79. The first kappa shape index (κ1) is 11.6.